The molecule has 0 aliphatic carbocycles. The molecule has 0 radical (unpaired) electrons. The summed E-state index contributed by atoms with van der Waals surface area (Å²) in [5.41, 5.74) is 2.80. The monoisotopic (exact) mass is 329 g/mol. The number of aryl methyl sites for hydroxylation is 1. The van der Waals surface area contributed by atoms with Crippen LogP contribution in [0.3, 0.4) is 0 Å². The Bertz CT molecular complexity index is 742. The molecule has 0 amide bonds. The molecule has 1 aromatic heterocycles. The summed E-state index contributed by atoms with van der Waals surface area (Å²) in [6.45, 7) is 1.31. The highest BCUT2D eigenvalue weighted by molar-refractivity contribution is 6.30. The van der Waals surface area contributed by atoms with E-state index in [0.29, 0.717) is 18.7 Å². The summed E-state index contributed by atoms with van der Waals surface area (Å²) in [6, 6.07) is 11.6. The zero-order valence-corrected chi connectivity index (χ0v) is 14.3. The quantitative estimate of drug-likeness (QED) is 0.693. The summed E-state index contributed by atoms with van der Waals surface area (Å²) in [5.74, 6) is 0.782. The van der Waals surface area contributed by atoms with Gasteiger partial charge in [-0.15, -0.1) is 0 Å². The van der Waals surface area contributed by atoms with Gasteiger partial charge in [0.15, 0.2) is 5.96 Å². The Morgan fingerprint density at radius 1 is 1.43 bits per heavy atom. The van der Waals surface area contributed by atoms with Crippen LogP contribution < -0.4 is 5.32 Å². The molecule has 6 heteroatoms. The predicted octanol–water partition coefficient (Wildman–Crippen LogP) is 2.76. The molecule has 1 aromatic carbocycles. The standard InChI is InChI=1S/C17H20ClN5/c1-20-17(21-10-14-6-4-5-13(7-14)9-19)23(3)12-16-8-15(18)11-22(16)2/h4-8,11H,10,12H2,1-3H3,(H,20,21). The van der Waals surface area contributed by atoms with Crippen molar-refractivity contribution in [1.29, 1.82) is 5.26 Å². The third-order valence-electron chi connectivity index (χ3n) is 3.55. The van der Waals surface area contributed by atoms with E-state index in [1.54, 1.807) is 13.1 Å². The first kappa shape index (κ1) is 16.9. The van der Waals surface area contributed by atoms with Crippen LogP contribution in [0.1, 0.15) is 16.8 Å². The lowest BCUT2D eigenvalue weighted by Crippen LogP contribution is -2.38. The van der Waals surface area contributed by atoms with Crippen LogP contribution in [0, 0.1) is 11.3 Å². The number of aromatic nitrogens is 1. The van der Waals surface area contributed by atoms with E-state index < -0.39 is 0 Å². The highest BCUT2D eigenvalue weighted by Crippen LogP contribution is 2.14. The average Bonchev–Trinajstić information content (AvgIpc) is 2.85. The minimum Gasteiger partial charge on any atom is -0.352 e. The van der Waals surface area contributed by atoms with Crippen LogP contribution >= 0.6 is 11.6 Å². The van der Waals surface area contributed by atoms with Crippen LogP contribution in [-0.2, 0) is 20.1 Å². The second kappa shape index (κ2) is 7.70. The predicted molar refractivity (Wildman–Crippen MR) is 93.2 cm³/mol. The van der Waals surface area contributed by atoms with Crippen molar-refractivity contribution in [2.75, 3.05) is 14.1 Å². The molecular formula is C17H20ClN5. The summed E-state index contributed by atoms with van der Waals surface area (Å²) in [5, 5.41) is 13.0. The van der Waals surface area contributed by atoms with Crippen molar-refractivity contribution < 1.29 is 0 Å². The number of hydrogen-bond acceptors (Lipinski definition) is 2. The van der Waals surface area contributed by atoms with Gasteiger partial charge in [0.1, 0.15) is 0 Å². The Kier molecular flexibility index (Phi) is 5.67. The van der Waals surface area contributed by atoms with E-state index in [1.807, 2.05) is 54.0 Å². The summed E-state index contributed by atoms with van der Waals surface area (Å²) in [7, 11) is 5.70. The first-order chi connectivity index (χ1) is 11.0. The van der Waals surface area contributed by atoms with E-state index in [9.17, 15) is 0 Å². The van der Waals surface area contributed by atoms with Gasteiger partial charge in [-0.05, 0) is 23.8 Å². The van der Waals surface area contributed by atoms with E-state index in [2.05, 4.69) is 16.4 Å². The van der Waals surface area contributed by atoms with Crippen LogP contribution in [0.2, 0.25) is 5.02 Å². The van der Waals surface area contributed by atoms with Crippen molar-refractivity contribution in [2.45, 2.75) is 13.1 Å². The van der Waals surface area contributed by atoms with E-state index in [0.717, 1.165) is 22.2 Å². The van der Waals surface area contributed by atoms with E-state index in [1.165, 1.54) is 0 Å². The molecule has 0 spiro atoms. The summed E-state index contributed by atoms with van der Waals surface area (Å²) in [4.78, 5) is 6.33. The number of halogens is 1. The first-order valence-corrected chi connectivity index (χ1v) is 7.63. The van der Waals surface area contributed by atoms with Crippen LogP contribution in [-0.4, -0.2) is 29.5 Å². The fraction of sp³-hybridized carbons (Fsp3) is 0.294. The van der Waals surface area contributed by atoms with Gasteiger partial charge in [-0.3, -0.25) is 4.99 Å². The molecule has 1 heterocycles. The minimum atomic E-state index is 0.612. The number of aliphatic imine (C=N–C) groups is 1. The zero-order valence-electron chi connectivity index (χ0n) is 13.5. The molecule has 1 N–H and O–H groups in total. The number of hydrogen-bond donors (Lipinski definition) is 1. The number of benzene rings is 1. The average molecular weight is 330 g/mol. The van der Waals surface area contributed by atoms with Crippen molar-refractivity contribution in [3.8, 4) is 6.07 Å². The largest absolute Gasteiger partial charge is 0.352 e. The molecule has 5 nitrogen and oxygen atoms in total. The van der Waals surface area contributed by atoms with Gasteiger partial charge < -0.3 is 14.8 Å². The van der Waals surface area contributed by atoms with Gasteiger partial charge >= 0.3 is 0 Å². The molecule has 0 saturated heterocycles. The van der Waals surface area contributed by atoms with Crippen LogP contribution in [0.4, 0.5) is 0 Å². The van der Waals surface area contributed by atoms with Gasteiger partial charge in [0.05, 0.1) is 23.2 Å². The van der Waals surface area contributed by atoms with Gasteiger partial charge in [-0.1, -0.05) is 23.7 Å². The van der Waals surface area contributed by atoms with Gasteiger partial charge in [-0.2, -0.15) is 5.26 Å². The molecule has 0 bridgehead atoms. The molecule has 0 aliphatic heterocycles. The number of nitriles is 1. The first-order valence-electron chi connectivity index (χ1n) is 7.25. The number of nitrogens with one attached hydrogen (secondary N) is 1. The lowest BCUT2D eigenvalue weighted by Gasteiger charge is -2.22. The molecule has 0 fully saturated rings. The maximum absolute atomic E-state index is 8.95. The second-order valence-electron chi connectivity index (χ2n) is 5.33. The lowest BCUT2D eigenvalue weighted by atomic mass is 10.1. The van der Waals surface area contributed by atoms with E-state index >= 15 is 0 Å². The molecule has 0 unspecified atom stereocenters. The maximum Gasteiger partial charge on any atom is 0.194 e. The Labute approximate surface area is 141 Å². The van der Waals surface area contributed by atoms with Gasteiger partial charge in [0, 0.05) is 39.6 Å². The number of guanidine groups is 1. The van der Waals surface area contributed by atoms with Crippen LogP contribution in [0.15, 0.2) is 41.5 Å². The molecule has 23 heavy (non-hydrogen) atoms. The summed E-state index contributed by atoms with van der Waals surface area (Å²) < 4.78 is 2.00. The van der Waals surface area contributed by atoms with Gasteiger partial charge in [-0.25, -0.2) is 0 Å². The molecule has 2 aromatic rings. The highest BCUT2D eigenvalue weighted by atomic mass is 35.5. The molecule has 0 atom stereocenters. The number of rotatable bonds is 4. The minimum absolute atomic E-state index is 0.612. The molecular weight excluding hydrogens is 310 g/mol. The fourth-order valence-electron chi connectivity index (χ4n) is 2.36. The normalized spacial score (nSPS) is 11.2. The Morgan fingerprint density at radius 3 is 2.83 bits per heavy atom. The van der Waals surface area contributed by atoms with Crippen molar-refractivity contribution in [2.24, 2.45) is 12.0 Å². The molecule has 120 valence electrons. The van der Waals surface area contributed by atoms with Crippen LogP contribution in [0.5, 0.6) is 0 Å². The molecule has 0 saturated carbocycles. The summed E-state index contributed by atoms with van der Waals surface area (Å²) >= 11 is 6.02. The van der Waals surface area contributed by atoms with Crippen molar-refractivity contribution in [1.82, 2.24) is 14.8 Å². The fourth-order valence-corrected chi connectivity index (χ4v) is 2.63. The molecule has 2 rings (SSSR count). The number of nitrogens with zero attached hydrogens (tertiary/aromatic N) is 4. The summed E-state index contributed by atoms with van der Waals surface area (Å²) in [6.07, 6.45) is 1.88. The Balaban J connectivity index is 1.99. The van der Waals surface area contributed by atoms with E-state index in [-0.39, 0.29) is 0 Å². The van der Waals surface area contributed by atoms with Crippen molar-refractivity contribution in [3.63, 3.8) is 0 Å². The van der Waals surface area contributed by atoms with E-state index in [4.69, 9.17) is 16.9 Å². The van der Waals surface area contributed by atoms with Gasteiger partial charge in [0.25, 0.3) is 0 Å². The van der Waals surface area contributed by atoms with Crippen molar-refractivity contribution in [3.05, 3.63) is 58.4 Å². The third-order valence-corrected chi connectivity index (χ3v) is 3.76. The maximum atomic E-state index is 8.95. The topological polar surface area (TPSA) is 56.4 Å². The third kappa shape index (κ3) is 4.51. The van der Waals surface area contributed by atoms with Crippen LogP contribution in [0.25, 0.3) is 0 Å². The highest BCUT2D eigenvalue weighted by Gasteiger charge is 2.09. The zero-order chi connectivity index (χ0) is 16.8. The van der Waals surface area contributed by atoms with Crippen molar-refractivity contribution >= 4 is 17.6 Å². The SMILES string of the molecule is CN=C(NCc1cccc(C#N)c1)N(C)Cc1cc(Cl)cn1C. The lowest BCUT2D eigenvalue weighted by molar-refractivity contribution is 0.461. The smallest absolute Gasteiger partial charge is 0.194 e. The van der Waals surface area contributed by atoms with Gasteiger partial charge in [0.2, 0.25) is 0 Å². The Hall–Kier alpha value is -2.45. The molecule has 0 aliphatic rings. The second-order valence-corrected chi connectivity index (χ2v) is 5.77. The Morgan fingerprint density at radius 2 is 2.22 bits per heavy atom.